The van der Waals surface area contributed by atoms with Gasteiger partial charge in [0.15, 0.2) is 5.82 Å². The fourth-order valence-electron chi connectivity index (χ4n) is 4.58. The molecule has 1 fully saturated rings. The first-order chi connectivity index (χ1) is 15.9. The molecule has 2 aromatic heterocycles. The average molecular weight is 454 g/mol. The number of pyridine rings is 1. The number of nitrogens with zero attached hydrogens (tertiary/aromatic N) is 2. The number of ether oxygens (including phenoxy) is 2. The number of hydrogen-bond donors (Lipinski definition) is 2. The van der Waals surface area contributed by atoms with E-state index in [1.54, 1.807) is 42.7 Å². The summed E-state index contributed by atoms with van der Waals surface area (Å²) in [7, 11) is 0. The van der Waals surface area contributed by atoms with Crippen molar-refractivity contribution < 1.29 is 27.8 Å². The van der Waals surface area contributed by atoms with Gasteiger partial charge >= 0.3 is 12.6 Å². The number of carbonyl (C=O) groups is 2. The zero-order valence-electron chi connectivity index (χ0n) is 17.4. The van der Waals surface area contributed by atoms with Crippen molar-refractivity contribution in [2.75, 3.05) is 5.32 Å². The van der Waals surface area contributed by atoms with E-state index in [0.717, 1.165) is 5.56 Å². The van der Waals surface area contributed by atoms with Crippen LogP contribution >= 0.6 is 0 Å². The zero-order chi connectivity index (χ0) is 23.0. The molecule has 1 spiro atoms. The summed E-state index contributed by atoms with van der Waals surface area (Å²) in [5.41, 5.74) is 1.45. The van der Waals surface area contributed by atoms with Crippen molar-refractivity contribution >= 4 is 17.7 Å². The van der Waals surface area contributed by atoms with Gasteiger partial charge in [0.25, 0.3) is 0 Å². The monoisotopic (exact) mass is 454 g/mol. The van der Waals surface area contributed by atoms with Crippen molar-refractivity contribution in [1.29, 1.82) is 0 Å². The average Bonchev–Trinajstić information content (AvgIpc) is 3.37. The summed E-state index contributed by atoms with van der Waals surface area (Å²) in [4.78, 5) is 29.2. The lowest BCUT2D eigenvalue weighted by Crippen LogP contribution is -2.36. The van der Waals surface area contributed by atoms with Crippen LogP contribution in [0, 0.1) is 5.92 Å². The Bertz CT molecular complexity index is 1200. The van der Waals surface area contributed by atoms with E-state index in [1.165, 1.54) is 6.07 Å². The van der Waals surface area contributed by atoms with Crippen LogP contribution in [0.5, 0.6) is 5.75 Å². The number of alkyl halides is 2. The lowest BCUT2D eigenvalue weighted by atomic mass is 9.75. The van der Waals surface area contributed by atoms with E-state index in [9.17, 15) is 18.4 Å². The summed E-state index contributed by atoms with van der Waals surface area (Å²) in [6, 6.07) is 9.55. The quantitative estimate of drug-likeness (QED) is 0.558. The second-order valence-electron chi connectivity index (χ2n) is 8.11. The van der Waals surface area contributed by atoms with Crippen LogP contribution in [0.4, 0.5) is 14.6 Å². The highest BCUT2D eigenvalue weighted by molar-refractivity contribution is 5.95. The van der Waals surface area contributed by atoms with Crippen LogP contribution in [0.3, 0.4) is 0 Å². The topological polar surface area (TPSA) is 106 Å². The van der Waals surface area contributed by atoms with Gasteiger partial charge in [-0.3, -0.25) is 14.9 Å². The van der Waals surface area contributed by atoms with Crippen LogP contribution in [0.25, 0.3) is 11.3 Å². The van der Waals surface area contributed by atoms with Crippen LogP contribution in [0.2, 0.25) is 0 Å². The number of fused-ring (bicyclic) bond motifs is 2. The van der Waals surface area contributed by atoms with E-state index in [4.69, 9.17) is 4.74 Å². The number of amides is 1. The number of rotatable bonds is 5. The first kappa shape index (κ1) is 21.0. The Balaban J connectivity index is 1.25. The van der Waals surface area contributed by atoms with E-state index >= 15 is 0 Å². The molecule has 0 unspecified atom stereocenters. The van der Waals surface area contributed by atoms with E-state index in [0.29, 0.717) is 42.5 Å². The minimum atomic E-state index is -2.95. The van der Waals surface area contributed by atoms with Crippen LogP contribution in [-0.4, -0.2) is 33.7 Å². The maximum Gasteiger partial charge on any atom is 0.387 e. The Morgan fingerprint density at radius 3 is 2.79 bits per heavy atom. The molecule has 8 nitrogen and oxygen atoms in total. The van der Waals surface area contributed by atoms with Crippen molar-refractivity contribution in [1.82, 2.24) is 15.2 Å². The van der Waals surface area contributed by atoms with Crippen molar-refractivity contribution in [2.45, 2.75) is 37.9 Å². The normalized spacial score (nSPS) is 21.7. The molecule has 1 aliphatic carbocycles. The van der Waals surface area contributed by atoms with Gasteiger partial charge in [-0.1, -0.05) is 12.1 Å². The Kier molecular flexibility index (Phi) is 5.27. The molecule has 170 valence electrons. The highest BCUT2D eigenvalue weighted by atomic mass is 19.3. The summed E-state index contributed by atoms with van der Waals surface area (Å²) in [6.45, 7) is -2.95. The second kappa shape index (κ2) is 8.27. The summed E-state index contributed by atoms with van der Waals surface area (Å²) in [6.07, 6.45) is 5.36. The first-order valence-electron chi connectivity index (χ1n) is 10.5. The van der Waals surface area contributed by atoms with Gasteiger partial charge < -0.3 is 14.8 Å². The summed E-state index contributed by atoms with van der Waals surface area (Å²) in [5.74, 6) is -0.535. The number of halogens is 2. The Hall–Kier alpha value is -3.82. The van der Waals surface area contributed by atoms with E-state index in [1.807, 2.05) is 0 Å². The lowest BCUT2D eigenvalue weighted by Gasteiger charge is -2.35. The predicted molar refractivity (Wildman–Crippen MR) is 113 cm³/mol. The molecule has 0 atom stereocenters. The molecule has 0 radical (unpaired) electrons. The third-order valence-corrected chi connectivity index (χ3v) is 6.21. The smallest absolute Gasteiger partial charge is 0.387 e. The molecule has 1 aliphatic heterocycles. The predicted octanol–water partition coefficient (Wildman–Crippen LogP) is 4.27. The van der Waals surface area contributed by atoms with Crippen LogP contribution in [0.15, 0.2) is 48.8 Å². The van der Waals surface area contributed by atoms with Gasteiger partial charge in [0.05, 0.1) is 11.3 Å². The molecule has 1 saturated carbocycles. The number of aromatic nitrogens is 3. The summed E-state index contributed by atoms with van der Waals surface area (Å²) in [5, 5.41) is 9.60. The maximum atomic E-state index is 12.8. The maximum absolute atomic E-state index is 12.8. The fourth-order valence-corrected chi connectivity index (χ4v) is 4.58. The Morgan fingerprint density at radius 2 is 2.00 bits per heavy atom. The molecular weight excluding hydrogens is 434 g/mol. The van der Waals surface area contributed by atoms with Crippen molar-refractivity contribution in [2.24, 2.45) is 5.92 Å². The van der Waals surface area contributed by atoms with Crippen LogP contribution in [-0.2, 0) is 15.1 Å². The molecular formula is C23H20F2N4O4. The highest BCUT2D eigenvalue weighted by Gasteiger charge is 2.48. The minimum Gasteiger partial charge on any atom is -0.450 e. The van der Waals surface area contributed by atoms with Gasteiger partial charge in [0.1, 0.15) is 11.4 Å². The van der Waals surface area contributed by atoms with Gasteiger partial charge in [-0.25, -0.2) is 4.79 Å². The summed E-state index contributed by atoms with van der Waals surface area (Å²) >= 11 is 0. The third-order valence-electron chi connectivity index (χ3n) is 6.21. The van der Waals surface area contributed by atoms with Crippen molar-refractivity contribution in [3.8, 4) is 17.0 Å². The molecule has 0 bridgehead atoms. The molecule has 0 saturated heterocycles. The fraction of sp³-hybridized carbons (Fsp3) is 0.304. The number of aromatic amines is 1. The van der Waals surface area contributed by atoms with Crippen LogP contribution < -0.4 is 10.1 Å². The van der Waals surface area contributed by atoms with Crippen molar-refractivity contribution in [3.05, 3.63) is 59.9 Å². The number of esters is 1. The standard InChI is InChI=1S/C23H20F2N4O4/c24-22(25)32-18-4-2-1-3-15(18)17-11-19(29-28-17)27-20(30)13-5-8-23(9-6-13)16-12-26-10-7-14(16)21(31)33-23/h1-4,7,10-13,22H,5-6,8-9H2,(H2,27,28,29,30)/t13-,23+. The number of hydrogen-bond acceptors (Lipinski definition) is 6. The van der Waals surface area contributed by atoms with Crippen LogP contribution in [0.1, 0.15) is 41.6 Å². The molecule has 2 aliphatic rings. The number of para-hydroxylation sites is 1. The largest absolute Gasteiger partial charge is 0.450 e. The van der Waals surface area contributed by atoms with E-state index in [-0.39, 0.29) is 29.4 Å². The Morgan fingerprint density at radius 1 is 1.21 bits per heavy atom. The van der Waals surface area contributed by atoms with E-state index < -0.39 is 12.2 Å². The number of H-pyrrole nitrogens is 1. The molecule has 1 aromatic carbocycles. The molecule has 3 heterocycles. The highest BCUT2D eigenvalue weighted by Crippen LogP contribution is 2.47. The first-order valence-corrected chi connectivity index (χ1v) is 10.5. The minimum absolute atomic E-state index is 0.00693. The number of anilines is 1. The summed E-state index contributed by atoms with van der Waals surface area (Å²) < 4.78 is 35.6. The molecule has 1 amide bonds. The van der Waals surface area contributed by atoms with Gasteiger partial charge in [0, 0.05) is 35.5 Å². The molecule has 2 N–H and O–H groups in total. The van der Waals surface area contributed by atoms with Crippen molar-refractivity contribution in [3.63, 3.8) is 0 Å². The zero-order valence-corrected chi connectivity index (χ0v) is 17.4. The Labute approximate surface area is 187 Å². The third kappa shape index (κ3) is 3.92. The lowest BCUT2D eigenvalue weighted by molar-refractivity contribution is -0.122. The number of benzene rings is 1. The van der Waals surface area contributed by atoms with Gasteiger partial charge in [-0.15, -0.1) is 0 Å². The van der Waals surface area contributed by atoms with E-state index in [2.05, 4.69) is 25.2 Å². The second-order valence-corrected chi connectivity index (χ2v) is 8.11. The molecule has 3 aromatic rings. The molecule has 33 heavy (non-hydrogen) atoms. The number of nitrogens with one attached hydrogen (secondary N) is 2. The van der Waals surface area contributed by atoms with Gasteiger partial charge in [0.2, 0.25) is 5.91 Å². The van der Waals surface area contributed by atoms with Gasteiger partial charge in [-0.05, 0) is 43.9 Å². The van der Waals surface area contributed by atoms with Gasteiger partial charge in [-0.2, -0.15) is 13.9 Å². The SMILES string of the molecule is O=C1O[C@]2(CC[C@@H](C(=O)Nc3cc(-c4ccccc4OC(F)F)[nH]n3)CC2)c2cnccc21. The molecule has 5 rings (SSSR count). The number of carbonyl (C=O) groups excluding carboxylic acids is 2. The molecule has 10 heteroatoms.